The van der Waals surface area contributed by atoms with Crippen LogP contribution in [0.3, 0.4) is 0 Å². The fourth-order valence-electron chi connectivity index (χ4n) is 3.59. The van der Waals surface area contributed by atoms with Crippen molar-refractivity contribution in [2.24, 2.45) is 0 Å². The van der Waals surface area contributed by atoms with Gasteiger partial charge in [-0.3, -0.25) is 0 Å². The third-order valence-corrected chi connectivity index (χ3v) is 6.10. The molecule has 0 N–H and O–H groups in total. The minimum Gasteiger partial charge on any atom is -0.491 e. The summed E-state index contributed by atoms with van der Waals surface area (Å²) in [7, 11) is 0. The molecule has 4 nitrogen and oxygen atoms in total. The van der Waals surface area contributed by atoms with Gasteiger partial charge >= 0.3 is 29.9 Å². The average molecular weight is 628 g/mol. The minimum atomic E-state index is -7.72. The minimum absolute atomic E-state index is 0.0332. The molecule has 2 aromatic rings. The van der Waals surface area contributed by atoms with Gasteiger partial charge in [-0.05, 0) is 42.7 Å². The molecule has 0 saturated carbocycles. The summed E-state index contributed by atoms with van der Waals surface area (Å²) in [5, 5.41) is 0. The molecule has 1 unspecified atom stereocenters. The number of ether oxygens (including phenoxy) is 2. The molecule has 1 aromatic heterocycles. The van der Waals surface area contributed by atoms with Crippen molar-refractivity contribution in [3.05, 3.63) is 42.2 Å². The molecule has 1 atom stereocenters. The van der Waals surface area contributed by atoms with Crippen molar-refractivity contribution >= 4 is 0 Å². The van der Waals surface area contributed by atoms with Gasteiger partial charge in [0.1, 0.15) is 12.4 Å². The van der Waals surface area contributed by atoms with Gasteiger partial charge in [0.2, 0.25) is 0 Å². The van der Waals surface area contributed by atoms with E-state index in [1.54, 1.807) is 12.4 Å². The lowest BCUT2D eigenvalue weighted by Gasteiger charge is -2.37. The molecule has 1 heterocycles. The molecule has 1 aromatic carbocycles. The van der Waals surface area contributed by atoms with E-state index in [1.165, 1.54) is 43.5 Å². The Morgan fingerprint density at radius 2 is 1.24 bits per heavy atom. The summed E-state index contributed by atoms with van der Waals surface area (Å²) in [6, 6.07) is 5.68. The van der Waals surface area contributed by atoms with E-state index in [2.05, 4.69) is 21.6 Å². The zero-order valence-electron chi connectivity index (χ0n) is 22.2. The maximum Gasteiger partial charge on any atom is 0.460 e. The van der Waals surface area contributed by atoms with Gasteiger partial charge in [0.25, 0.3) is 6.36 Å². The Labute approximate surface area is 233 Å². The zero-order chi connectivity index (χ0) is 31.8. The van der Waals surface area contributed by atoms with Crippen molar-refractivity contribution in [3.63, 3.8) is 0 Å². The number of halogens is 12. The van der Waals surface area contributed by atoms with Crippen molar-refractivity contribution in [2.45, 2.75) is 88.1 Å². The predicted octanol–water partition coefficient (Wildman–Crippen LogP) is 8.84. The first-order valence-corrected chi connectivity index (χ1v) is 12.8. The number of hydrogen-bond donors (Lipinski definition) is 0. The maximum atomic E-state index is 13.6. The first-order chi connectivity index (χ1) is 19.4. The van der Waals surface area contributed by atoms with Gasteiger partial charge in [0.15, 0.2) is 5.82 Å². The van der Waals surface area contributed by atoms with Gasteiger partial charge in [-0.2, -0.15) is 48.3 Å². The monoisotopic (exact) mass is 628 g/mol. The molecular weight excluding hydrogens is 600 g/mol. The summed E-state index contributed by atoms with van der Waals surface area (Å²) >= 11 is 0. The molecule has 42 heavy (non-hydrogen) atoms. The lowest BCUT2D eigenvalue weighted by Crippen LogP contribution is -2.68. The number of alkyl halides is 12. The van der Waals surface area contributed by atoms with Crippen LogP contribution in [-0.4, -0.2) is 59.4 Å². The fraction of sp³-hybridized carbons (Fsp3) is 0.615. The highest BCUT2D eigenvalue weighted by atomic mass is 19.4. The van der Waals surface area contributed by atoms with E-state index in [0.29, 0.717) is 11.4 Å². The lowest BCUT2D eigenvalue weighted by atomic mass is 9.98. The Hall–Kier alpha value is -2.78. The third-order valence-electron chi connectivity index (χ3n) is 6.10. The predicted molar refractivity (Wildman–Crippen MR) is 127 cm³/mol. The molecule has 0 aliphatic rings. The van der Waals surface area contributed by atoms with Crippen LogP contribution < -0.4 is 4.74 Å². The SMILES string of the molecule is CCCCCCCCc1cnc(-c2ccc(OCCOC(F)C(F)(F)C(F)(F)C(F)(F)C(F)(F)C(F)(F)F)cc2)nc1. The topological polar surface area (TPSA) is 44.2 Å². The van der Waals surface area contributed by atoms with Crippen molar-refractivity contribution < 1.29 is 62.2 Å². The van der Waals surface area contributed by atoms with Gasteiger partial charge in [0, 0.05) is 18.0 Å². The second-order valence-corrected chi connectivity index (χ2v) is 9.34. The summed E-state index contributed by atoms with van der Waals surface area (Å²) in [4.78, 5) is 8.56. The third kappa shape index (κ3) is 7.98. The van der Waals surface area contributed by atoms with Gasteiger partial charge in [-0.1, -0.05) is 39.0 Å². The summed E-state index contributed by atoms with van der Waals surface area (Å²) in [5.74, 6) is -29.2. The van der Waals surface area contributed by atoms with Gasteiger partial charge in [-0.25, -0.2) is 14.4 Å². The van der Waals surface area contributed by atoms with Crippen LogP contribution in [0.2, 0.25) is 0 Å². The Morgan fingerprint density at radius 3 is 1.79 bits per heavy atom. The Balaban J connectivity index is 1.88. The molecule has 2 rings (SSSR count). The Kier molecular flexibility index (Phi) is 11.9. The number of hydrogen-bond acceptors (Lipinski definition) is 4. The normalized spacial score (nSPS) is 14.2. The highest BCUT2D eigenvalue weighted by Crippen LogP contribution is 2.58. The number of aryl methyl sites for hydroxylation is 1. The van der Waals surface area contributed by atoms with Crippen LogP contribution in [0.1, 0.15) is 51.0 Å². The van der Waals surface area contributed by atoms with Crippen LogP contribution in [0.15, 0.2) is 36.7 Å². The summed E-state index contributed by atoms with van der Waals surface area (Å²) < 4.78 is 165. The van der Waals surface area contributed by atoms with E-state index < -0.39 is 49.4 Å². The highest BCUT2D eigenvalue weighted by Gasteiger charge is 2.88. The molecule has 0 radical (unpaired) electrons. The van der Waals surface area contributed by atoms with Gasteiger partial charge in [0.05, 0.1) is 6.61 Å². The number of nitrogens with zero attached hydrogens (tertiary/aromatic N) is 2. The number of unbranched alkanes of at least 4 members (excludes halogenated alkanes) is 5. The van der Waals surface area contributed by atoms with Crippen LogP contribution in [0.5, 0.6) is 5.75 Å². The molecule has 0 spiro atoms. The smallest absolute Gasteiger partial charge is 0.460 e. The molecule has 0 bridgehead atoms. The Morgan fingerprint density at radius 1 is 0.690 bits per heavy atom. The van der Waals surface area contributed by atoms with Gasteiger partial charge in [-0.15, -0.1) is 0 Å². The lowest BCUT2D eigenvalue weighted by molar-refractivity contribution is -0.435. The van der Waals surface area contributed by atoms with Crippen LogP contribution in [0.4, 0.5) is 52.7 Å². The number of aromatic nitrogens is 2. The largest absolute Gasteiger partial charge is 0.491 e. The standard InChI is InChI=1S/C26H28F12N2O2/c1-2-3-4-5-6-7-8-17-15-39-20(40-16-17)18-9-11-19(12-10-18)41-13-14-42-21(27)22(28,29)23(30,31)24(32,33)25(34,35)26(36,37)38/h9-12,15-16,21H,2-8,13-14H2,1H3. The molecule has 0 saturated heterocycles. The van der Waals surface area contributed by atoms with Crippen LogP contribution >= 0.6 is 0 Å². The number of benzene rings is 1. The molecular formula is C26H28F12N2O2. The highest BCUT2D eigenvalue weighted by molar-refractivity contribution is 5.55. The van der Waals surface area contributed by atoms with Gasteiger partial charge < -0.3 is 9.47 Å². The van der Waals surface area contributed by atoms with Crippen LogP contribution in [-0.2, 0) is 11.2 Å². The molecule has 0 aliphatic heterocycles. The maximum absolute atomic E-state index is 13.6. The van der Waals surface area contributed by atoms with Crippen LogP contribution in [0, 0.1) is 0 Å². The van der Waals surface area contributed by atoms with Crippen LogP contribution in [0.25, 0.3) is 11.4 Å². The first kappa shape index (κ1) is 35.4. The summed E-state index contributed by atoms with van der Waals surface area (Å²) in [6.07, 6.45) is -0.986. The zero-order valence-corrected chi connectivity index (χ0v) is 22.2. The molecule has 0 amide bonds. The molecule has 0 fully saturated rings. The van der Waals surface area contributed by atoms with E-state index in [1.807, 2.05) is 0 Å². The van der Waals surface area contributed by atoms with E-state index >= 15 is 0 Å². The van der Waals surface area contributed by atoms with Crippen molar-refractivity contribution in [2.75, 3.05) is 13.2 Å². The summed E-state index contributed by atoms with van der Waals surface area (Å²) in [6.45, 7) is 0.0295. The van der Waals surface area contributed by atoms with Crippen molar-refractivity contribution in [1.29, 1.82) is 0 Å². The van der Waals surface area contributed by atoms with E-state index in [9.17, 15) is 52.7 Å². The summed E-state index contributed by atoms with van der Waals surface area (Å²) in [5.41, 5.74) is 1.51. The van der Waals surface area contributed by atoms with E-state index in [-0.39, 0.29) is 5.75 Å². The fourth-order valence-corrected chi connectivity index (χ4v) is 3.59. The Bertz CT molecular complexity index is 1090. The second-order valence-electron chi connectivity index (χ2n) is 9.34. The van der Waals surface area contributed by atoms with Crippen molar-refractivity contribution in [1.82, 2.24) is 9.97 Å². The quantitative estimate of drug-likeness (QED) is 0.130. The second kappa shape index (κ2) is 14.1. The first-order valence-electron chi connectivity index (χ1n) is 12.8. The molecule has 0 aliphatic carbocycles. The molecule has 238 valence electrons. The average Bonchev–Trinajstić information content (AvgIpc) is 2.92. The van der Waals surface area contributed by atoms with Crippen molar-refractivity contribution in [3.8, 4) is 17.1 Å². The molecule has 16 heteroatoms. The van der Waals surface area contributed by atoms with E-state index in [0.717, 1.165) is 31.2 Å². The van der Waals surface area contributed by atoms with E-state index in [4.69, 9.17) is 4.74 Å². The number of rotatable bonds is 17.